The van der Waals surface area contributed by atoms with Crippen LogP contribution in [0.2, 0.25) is 0 Å². The highest BCUT2D eigenvalue weighted by Crippen LogP contribution is 2.32. The second-order valence-electron chi connectivity index (χ2n) is 2.95. The minimum atomic E-state index is -0.167. The van der Waals surface area contributed by atoms with E-state index in [4.69, 9.17) is 0 Å². The molecule has 0 aromatic carbocycles. The number of H-pyrrole nitrogens is 1. The second kappa shape index (κ2) is 3.45. The quantitative estimate of drug-likeness (QED) is 0.715. The Morgan fingerprint density at radius 3 is 3.08 bits per heavy atom. The first-order valence-electron chi connectivity index (χ1n) is 4.06. The van der Waals surface area contributed by atoms with Crippen molar-refractivity contribution in [2.75, 3.05) is 0 Å². The molecule has 1 aliphatic carbocycles. The van der Waals surface area contributed by atoms with Crippen LogP contribution in [0.5, 0.6) is 0 Å². The van der Waals surface area contributed by atoms with Crippen molar-refractivity contribution in [2.45, 2.75) is 35.8 Å². The summed E-state index contributed by atoms with van der Waals surface area (Å²) in [4.78, 5) is 4.00. The predicted molar refractivity (Wildman–Crippen MR) is 45.9 cm³/mol. The zero-order valence-electron chi connectivity index (χ0n) is 6.60. The number of hydrogen-bond acceptors (Lipinski definition) is 4. The van der Waals surface area contributed by atoms with Gasteiger partial charge in [-0.2, -0.15) is 5.10 Å². The summed E-state index contributed by atoms with van der Waals surface area (Å²) in [6, 6.07) is 0. The molecule has 2 N–H and O–H groups in total. The summed E-state index contributed by atoms with van der Waals surface area (Å²) in [6.07, 6.45) is 4.44. The SMILES string of the molecule is O[C@H]1CCC[C@@H]1Sc1ncn[nH]1. The molecule has 1 aromatic rings. The normalized spacial score (nSPS) is 29.4. The molecule has 1 saturated carbocycles. The van der Waals surface area contributed by atoms with Gasteiger partial charge in [0.1, 0.15) is 6.33 Å². The average Bonchev–Trinajstić information content (AvgIpc) is 2.65. The van der Waals surface area contributed by atoms with E-state index in [1.54, 1.807) is 11.8 Å². The van der Waals surface area contributed by atoms with Gasteiger partial charge in [-0.05, 0) is 19.3 Å². The molecule has 0 bridgehead atoms. The van der Waals surface area contributed by atoms with Crippen LogP contribution in [0, 0.1) is 0 Å². The average molecular weight is 185 g/mol. The van der Waals surface area contributed by atoms with Crippen LogP contribution in [0.25, 0.3) is 0 Å². The van der Waals surface area contributed by atoms with E-state index in [0.717, 1.165) is 24.4 Å². The standard InChI is InChI=1S/C7H11N3OS/c11-5-2-1-3-6(5)12-7-8-4-9-10-7/h4-6,11H,1-3H2,(H,8,9,10)/t5-,6-/m0/s1. The fourth-order valence-electron chi connectivity index (χ4n) is 1.44. The predicted octanol–water partition coefficient (Wildman–Crippen LogP) is 0.810. The van der Waals surface area contributed by atoms with Crippen LogP contribution in [0.4, 0.5) is 0 Å². The van der Waals surface area contributed by atoms with Gasteiger partial charge in [0.15, 0.2) is 5.16 Å². The summed E-state index contributed by atoms with van der Waals surface area (Å²) in [7, 11) is 0. The number of nitrogens with zero attached hydrogens (tertiary/aromatic N) is 2. The summed E-state index contributed by atoms with van der Waals surface area (Å²) < 4.78 is 0. The molecule has 0 aliphatic heterocycles. The van der Waals surface area contributed by atoms with E-state index in [2.05, 4.69) is 15.2 Å². The maximum absolute atomic E-state index is 9.50. The summed E-state index contributed by atoms with van der Waals surface area (Å²) in [5.41, 5.74) is 0. The van der Waals surface area contributed by atoms with Gasteiger partial charge >= 0.3 is 0 Å². The van der Waals surface area contributed by atoms with Crippen molar-refractivity contribution in [2.24, 2.45) is 0 Å². The number of nitrogens with one attached hydrogen (secondary N) is 1. The fourth-order valence-corrected chi connectivity index (χ4v) is 2.52. The van der Waals surface area contributed by atoms with Crippen molar-refractivity contribution >= 4 is 11.8 Å². The highest BCUT2D eigenvalue weighted by atomic mass is 32.2. The van der Waals surface area contributed by atoms with Crippen molar-refractivity contribution in [3.63, 3.8) is 0 Å². The Kier molecular flexibility index (Phi) is 2.32. The third-order valence-corrected chi connectivity index (χ3v) is 3.35. The first-order valence-corrected chi connectivity index (χ1v) is 4.94. The van der Waals surface area contributed by atoms with Crippen LogP contribution >= 0.6 is 11.8 Å². The van der Waals surface area contributed by atoms with Crippen molar-refractivity contribution in [1.29, 1.82) is 0 Å². The van der Waals surface area contributed by atoms with Crippen LogP contribution in [0.15, 0.2) is 11.5 Å². The molecule has 0 radical (unpaired) electrons. The van der Waals surface area contributed by atoms with Gasteiger partial charge in [-0.3, -0.25) is 5.10 Å². The van der Waals surface area contributed by atoms with E-state index in [1.165, 1.54) is 6.33 Å². The molecule has 5 heteroatoms. The number of aliphatic hydroxyl groups excluding tert-OH is 1. The molecule has 2 rings (SSSR count). The molecule has 0 amide bonds. The first kappa shape index (κ1) is 8.07. The maximum Gasteiger partial charge on any atom is 0.183 e. The molecule has 2 atom stereocenters. The van der Waals surface area contributed by atoms with E-state index < -0.39 is 0 Å². The molecule has 4 nitrogen and oxygen atoms in total. The number of rotatable bonds is 2. The Morgan fingerprint density at radius 2 is 2.50 bits per heavy atom. The minimum absolute atomic E-state index is 0.167. The van der Waals surface area contributed by atoms with E-state index >= 15 is 0 Å². The molecule has 1 aliphatic rings. The third kappa shape index (κ3) is 1.61. The molecule has 0 spiro atoms. The molecule has 1 fully saturated rings. The van der Waals surface area contributed by atoms with Gasteiger partial charge in [0.2, 0.25) is 0 Å². The smallest absolute Gasteiger partial charge is 0.183 e. The minimum Gasteiger partial charge on any atom is -0.392 e. The topological polar surface area (TPSA) is 61.8 Å². The summed E-state index contributed by atoms with van der Waals surface area (Å²) >= 11 is 1.59. The second-order valence-corrected chi connectivity index (χ2v) is 4.17. The monoisotopic (exact) mass is 185 g/mol. The number of thioether (sulfide) groups is 1. The van der Waals surface area contributed by atoms with Crippen molar-refractivity contribution in [3.8, 4) is 0 Å². The van der Waals surface area contributed by atoms with E-state index in [0.29, 0.717) is 5.25 Å². The van der Waals surface area contributed by atoms with Gasteiger partial charge in [0.05, 0.1) is 6.10 Å². The van der Waals surface area contributed by atoms with E-state index in [-0.39, 0.29) is 6.10 Å². The van der Waals surface area contributed by atoms with Crippen LogP contribution in [-0.4, -0.2) is 31.6 Å². The fraction of sp³-hybridized carbons (Fsp3) is 0.714. The first-order chi connectivity index (χ1) is 5.86. The number of aromatic nitrogens is 3. The molecular formula is C7H11N3OS. The Bertz CT molecular complexity index is 239. The maximum atomic E-state index is 9.50. The molecule has 0 saturated heterocycles. The van der Waals surface area contributed by atoms with Gasteiger partial charge in [-0.15, -0.1) is 0 Å². The van der Waals surface area contributed by atoms with Gasteiger partial charge in [-0.1, -0.05) is 11.8 Å². The highest BCUT2D eigenvalue weighted by molar-refractivity contribution is 7.99. The Morgan fingerprint density at radius 1 is 1.58 bits per heavy atom. The van der Waals surface area contributed by atoms with Gasteiger partial charge in [-0.25, -0.2) is 4.98 Å². The number of aliphatic hydroxyl groups is 1. The van der Waals surface area contributed by atoms with Crippen molar-refractivity contribution in [3.05, 3.63) is 6.33 Å². The molecular weight excluding hydrogens is 174 g/mol. The van der Waals surface area contributed by atoms with Crippen LogP contribution in [0.1, 0.15) is 19.3 Å². The van der Waals surface area contributed by atoms with Crippen LogP contribution in [0.3, 0.4) is 0 Å². The Labute approximate surface area is 74.8 Å². The van der Waals surface area contributed by atoms with Gasteiger partial charge in [0, 0.05) is 5.25 Å². The molecule has 66 valence electrons. The van der Waals surface area contributed by atoms with E-state index in [9.17, 15) is 5.11 Å². The largest absolute Gasteiger partial charge is 0.392 e. The number of hydrogen-bond donors (Lipinski definition) is 2. The van der Waals surface area contributed by atoms with Crippen LogP contribution in [-0.2, 0) is 0 Å². The summed E-state index contributed by atoms with van der Waals surface area (Å²) in [5, 5.41) is 17.1. The number of aromatic amines is 1. The zero-order valence-corrected chi connectivity index (χ0v) is 7.42. The molecule has 12 heavy (non-hydrogen) atoms. The molecule has 0 unspecified atom stereocenters. The zero-order chi connectivity index (χ0) is 8.39. The lowest BCUT2D eigenvalue weighted by atomic mass is 10.3. The van der Waals surface area contributed by atoms with Crippen LogP contribution < -0.4 is 0 Å². The van der Waals surface area contributed by atoms with E-state index in [1.807, 2.05) is 0 Å². The molecule has 1 heterocycles. The Balaban J connectivity index is 1.95. The third-order valence-electron chi connectivity index (χ3n) is 2.07. The van der Waals surface area contributed by atoms with Gasteiger partial charge < -0.3 is 5.11 Å². The lowest BCUT2D eigenvalue weighted by Gasteiger charge is -2.10. The van der Waals surface area contributed by atoms with Crippen molar-refractivity contribution in [1.82, 2.24) is 15.2 Å². The Hall–Kier alpha value is -0.550. The lowest BCUT2D eigenvalue weighted by molar-refractivity contribution is 0.188. The van der Waals surface area contributed by atoms with Gasteiger partial charge in [0.25, 0.3) is 0 Å². The van der Waals surface area contributed by atoms with Crippen molar-refractivity contribution < 1.29 is 5.11 Å². The lowest BCUT2D eigenvalue weighted by Crippen LogP contribution is -2.15. The summed E-state index contributed by atoms with van der Waals surface area (Å²) in [6.45, 7) is 0. The molecule has 1 aromatic heterocycles. The highest BCUT2D eigenvalue weighted by Gasteiger charge is 2.26. The summed E-state index contributed by atoms with van der Waals surface area (Å²) in [5.74, 6) is 0.